The maximum absolute atomic E-state index is 12.5. The van der Waals surface area contributed by atoms with Crippen LogP contribution in [0.3, 0.4) is 0 Å². The Labute approximate surface area is 259 Å². The van der Waals surface area contributed by atoms with E-state index in [1.54, 1.807) is 23.5 Å². The van der Waals surface area contributed by atoms with E-state index in [1.165, 1.54) is 11.1 Å². The van der Waals surface area contributed by atoms with Crippen molar-refractivity contribution in [2.45, 2.75) is 31.8 Å². The second kappa shape index (κ2) is 12.8. The van der Waals surface area contributed by atoms with E-state index in [4.69, 9.17) is 21.7 Å². The van der Waals surface area contributed by atoms with Gasteiger partial charge >= 0.3 is 5.97 Å². The van der Waals surface area contributed by atoms with Gasteiger partial charge in [-0.2, -0.15) is 0 Å². The number of nitrogens with zero attached hydrogens (tertiary/aromatic N) is 2. The number of benzene rings is 4. The Morgan fingerprint density at radius 1 is 0.860 bits per heavy atom. The van der Waals surface area contributed by atoms with Gasteiger partial charge in [-0.05, 0) is 59.4 Å². The molecule has 6 rings (SSSR count). The molecule has 216 valence electrons. The van der Waals surface area contributed by atoms with Crippen LogP contribution in [-0.4, -0.2) is 34.6 Å². The van der Waals surface area contributed by atoms with Gasteiger partial charge in [-0.3, -0.25) is 9.59 Å². The number of nitrogens with one attached hydrogen (secondary N) is 1. The van der Waals surface area contributed by atoms with Crippen LogP contribution in [0.25, 0.3) is 21.7 Å². The fourth-order valence-corrected chi connectivity index (χ4v) is 6.76. The van der Waals surface area contributed by atoms with Crippen LogP contribution in [-0.2, 0) is 24.2 Å². The number of fused-ring (bicyclic) bond motifs is 1. The molecule has 8 heteroatoms. The predicted octanol–water partition coefficient (Wildman–Crippen LogP) is 7.51. The third kappa shape index (κ3) is 6.63. The molecule has 0 aliphatic heterocycles. The zero-order valence-electron chi connectivity index (χ0n) is 23.4. The normalized spacial score (nSPS) is 12.6. The molecule has 5 aromatic rings. The minimum Gasteiger partial charge on any atom is -0.481 e. The first-order valence-electron chi connectivity index (χ1n) is 14.2. The number of amides is 1. The number of carboxylic acid groups (broad SMARTS) is 1. The summed E-state index contributed by atoms with van der Waals surface area (Å²) in [6, 6.07) is 34.5. The summed E-state index contributed by atoms with van der Waals surface area (Å²) in [4.78, 5) is 32.1. The summed E-state index contributed by atoms with van der Waals surface area (Å²) in [5.74, 6) is -1.22. The van der Waals surface area contributed by atoms with Crippen molar-refractivity contribution in [3.05, 3.63) is 130 Å². The number of rotatable bonds is 10. The standard InChI is InChI=1S/C35H30ClN3O3S/c36-29-16-14-25(15-17-29)33-32(24-6-2-1-3-7-24)38-35(43-33)39(30-20-27-8-4-5-9-28(27)21-30)22-23-10-12-26(13-11-23)34(42)37-19-18-31(40)41/h1-17,30H,18-22H2,(H,37,42)(H,40,41). The van der Waals surface area contributed by atoms with Gasteiger partial charge < -0.3 is 15.3 Å². The van der Waals surface area contributed by atoms with Crippen LogP contribution < -0.4 is 10.2 Å². The number of anilines is 1. The zero-order valence-corrected chi connectivity index (χ0v) is 24.9. The van der Waals surface area contributed by atoms with Crippen molar-refractivity contribution in [3.63, 3.8) is 0 Å². The molecule has 0 bridgehead atoms. The lowest BCUT2D eigenvalue weighted by Gasteiger charge is -2.29. The molecule has 4 aromatic carbocycles. The Hall–Kier alpha value is -4.46. The lowest BCUT2D eigenvalue weighted by Crippen LogP contribution is -2.35. The lowest BCUT2D eigenvalue weighted by molar-refractivity contribution is -0.136. The smallest absolute Gasteiger partial charge is 0.305 e. The molecule has 0 saturated carbocycles. The second-order valence-corrected chi connectivity index (χ2v) is 12.0. The Kier molecular flexibility index (Phi) is 8.54. The number of carboxylic acids is 1. The number of carbonyl (C=O) groups excluding carboxylic acids is 1. The molecule has 1 aliphatic carbocycles. The van der Waals surface area contributed by atoms with E-state index >= 15 is 0 Å². The zero-order chi connectivity index (χ0) is 29.8. The van der Waals surface area contributed by atoms with E-state index in [1.807, 2.05) is 54.6 Å². The lowest BCUT2D eigenvalue weighted by atomic mass is 10.1. The van der Waals surface area contributed by atoms with Crippen molar-refractivity contribution >= 4 is 39.9 Å². The molecule has 43 heavy (non-hydrogen) atoms. The Balaban J connectivity index is 1.34. The summed E-state index contributed by atoms with van der Waals surface area (Å²) in [6.45, 7) is 0.719. The maximum atomic E-state index is 12.5. The summed E-state index contributed by atoms with van der Waals surface area (Å²) in [5, 5.41) is 13.2. The number of thiazole rings is 1. The molecule has 6 nitrogen and oxygen atoms in total. The van der Waals surface area contributed by atoms with E-state index < -0.39 is 5.97 Å². The molecule has 0 radical (unpaired) electrons. The van der Waals surface area contributed by atoms with Crippen LogP contribution in [0.15, 0.2) is 103 Å². The van der Waals surface area contributed by atoms with Gasteiger partial charge in [0.05, 0.1) is 17.0 Å². The van der Waals surface area contributed by atoms with Gasteiger partial charge in [-0.25, -0.2) is 4.98 Å². The number of halogens is 1. The van der Waals surface area contributed by atoms with Crippen molar-refractivity contribution in [1.29, 1.82) is 0 Å². The van der Waals surface area contributed by atoms with Crippen molar-refractivity contribution in [1.82, 2.24) is 10.3 Å². The fourth-order valence-electron chi connectivity index (χ4n) is 5.47. The molecular formula is C35H30ClN3O3S. The molecule has 2 N–H and O–H groups in total. The summed E-state index contributed by atoms with van der Waals surface area (Å²) >= 11 is 7.92. The molecule has 0 spiro atoms. The monoisotopic (exact) mass is 607 g/mol. The van der Waals surface area contributed by atoms with Gasteiger partial charge in [0.25, 0.3) is 5.91 Å². The van der Waals surface area contributed by atoms with Crippen LogP contribution in [0.4, 0.5) is 5.13 Å². The molecule has 1 heterocycles. The number of hydrogen-bond donors (Lipinski definition) is 2. The number of hydrogen-bond acceptors (Lipinski definition) is 5. The van der Waals surface area contributed by atoms with Crippen molar-refractivity contribution < 1.29 is 14.7 Å². The highest BCUT2D eigenvalue weighted by Crippen LogP contribution is 2.42. The number of aromatic nitrogens is 1. The highest BCUT2D eigenvalue weighted by molar-refractivity contribution is 7.19. The van der Waals surface area contributed by atoms with Gasteiger partial charge in [0.15, 0.2) is 5.13 Å². The summed E-state index contributed by atoms with van der Waals surface area (Å²) in [7, 11) is 0. The van der Waals surface area contributed by atoms with Crippen molar-refractivity contribution in [2.75, 3.05) is 11.4 Å². The Morgan fingerprint density at radius 3 is 2.16 bits per heavy atom. The Morgan fingerprint density at radius 2 is 1.51 bits per heavy atom. The van der Waals surface area contributed by atoms with Crippen LogP contribution in [0.2, 0.25) is 5.02 Å². The van der Waals surface area contributed by atoms with E-state index in [0.29, 0.717) is 17.1 Å². The van der Waals surface area contributed by atoms with Crippen LogP contribution in [0.5, 0.6) is 0 Å². The first-order valence-corrected chi connectivity index (χ1v) is 15.4. The first-order chi connectivity index (χ1) is 20.9. The maximum Gasteiger partial charge on any atom is 0.305 e. The molecule has 1 aliphatic rings. The van der Waals surface area contributed by atoms with Crippen molar-refractivity contribution in [3.8, 4) is 21.7 Å². The molecule has 0 fully saturated rings. The quantitative estimate of drug-likeness (QED) is 0.172. The highest BCUT2D eigenvalue weighted by Gasteiger charge is 2.30. The summed E-state index contributed by atoms with van der Waals surface area (Å²) in [6.07, 6.45) is 1.74. The minimum absolute atomic E-state index is 0.0929. The average Bonchev–Trinajstić information content (AvgIpc) is 3.66. The predicted molar refractivity (Wildman–Crippen MR) is 173 cm³/mol. The number of carbonyl (C=O) groups is 2. The third-order valence-electron chi connectivity index (χ3n) is 7.68. The van der Waals surface area contributed by atoms with Gasteiger partial charge in [0, 0.05) is 35.3 Å². The SMILES string of the molecule is O=C(O)CCNC(=O)c1ccc(CN(c2nc(-c3ccccc3)c(-c3ccc(Cl)cc3)s2)C2Cc3ccccc3C2)cc1. The third-order valence-corrected chi connectivity index (χ3v) is 9.07. The average molecular weight is 608 g/mol. The van der Waals surface area contributed by atoms with E-state index in [0.717, 1.165) is 45.2 Å². The van der Waals surface area contributed by atoms with Gasteiger partial charge in [-0.15, -0.1) is 0 Å². The molecule has 0 atom stereocenters. The summed E-state index contributed by atoms with van der Waals surface area (Å²) < 4.78 is 0. The molecule has 0 saturated heterocycles. The Bertz CT molecular complexity index is 1710. The van der Waals surface area contributed by atoms with Gasteiger partial charge in [0.2, 0.25) is 0 Å². The topological polar surface area (TPSA) is 82.5 Å². The molecule has 0 unspecified atom stereocenters. The summed E-state index contributed by atoms with van der Waals surface area (Å²) in [5.41, 5.74) is 7.36. The largest absolute Gasteiger partial charge is 0.481 e. The van der Waals surface area contributed by atoms with Crippen LogP contribution in [0, 0.1) is 0 Å². The van der Waals surface area contributed by atoms with Gasteiger partial charge in [-0.1, -0.05) is 102 Å². The first kappa shape index (κ1) is 28.6. The van der Waals surface area contributed by atoms with Crippen molar-refractivity contribution in [2.24, 2.45) is 0 Å². The van der Waals surface area contributed by atoms with Crippen LogP contribution in [0.1, 0.15) is 33.5 Å². The van der Waals surface area contributed by atoms with E-state index in [-0.39, 0.29) is 24.9 Å². The second-order valence-electron chi connectivity index (χ2n) is 10.6. The van der Waals surface area contributed by atoms with Gasteiger partial charge in [0.1, 0.15) is 0 Å². The number of aliphatic carboxylic acids is 1. The van der Waals surface area contributed by atoms with E-state index in [2.05, 4.69) is 46.6 Å². The minimum atomic E-state index is -0.943. The highest BCUT2D eigenvalue weighted by atomic mass is 35.5. The molecule has 1 aromatic heterocycles. The van der Waals surface area contributed by atoms with Crippen LogP contribution >= 0.6 is 22.9 Å². The molecular weight excluding hydrogens is 578 g/mol. The fraction of sp³-hybridized carbons (Fsp3) is 0.171. The molecule has 1 amide bonds. The van der Waals surface area contributed by atoms with E-state index in [9.17, 15) is 9.59 Å².